The standard InChI is InChI=1S/C25H23F2N3O/c1-16-3-10-23-29-25(19-6-9-21(27)17(2)13-19)22(30(23)15-16)14-24(31)28-12-11-18-4-7-20(26)8-5-18/h3-10,13,15H,11-12,14H2,1-2H3,(H,28,31). The average molecular weight is 419 g/mol. The molecule has 4 rings (SSSR count). The Balaban J connectivity index is 1.57. The van der Waals surface area contributed by atoms with Crippen molar-refractivity contribution >= 4 is 11.6 Å². The first kappa shape index (κ1) is 20.7. The Morgan fingerprint density at radius 1 is 1.03 bits per heavy atom. The number of fused-ring (bicyclic) bond motifs is 1. The molecule has 2 heterocycles. The molecule has 0 spiro atoms. The number of aromatic nitrogens is 2. The summed E-state index contributed by atoms with van der Waals surface area (Å²) < 4.78 is 28.7. The van der Waals surface area contributed by atoms with E-state index < -0.39 is 0 Å². The summed E-state index contributed by atoms with van der Waals surface area (Å²) in [5, 5.41) is 2.93. The second-order valence-corrected chi connectivity index (χ2v) is 7.71. The van der Waals surface area contributed by atoms with E-state index in [9.17, 15) is 13.6 Å². The lowest BCUT2D eigenvalue weighted by atomic mass is 10.1. The molecule has 0 aliphatic rings. The van der Waals surface area contributed by atoms with Crippen LogP contribution in [0.2, 0.25) is 0 Å². The smallest absolute Gasteiger partial charge is 0.226 e. The van der Waals surface area contributed by atoms with E-state index in [2.05, 4.69) is 5.32 Å². The monoisotopic (exact) mass is 419 g/mol. The molecule has 4 aromatic rings. The lowest BCUT2D eigenvalue weighted by molar-refractivity contribution is -0.120. The number of amides is 1. The summed E-state index contributed by atoms with van der Waals surface area (Å²) in [5.74, 6) is -0.687. The normalized spacial score (nSPS) is 11.1. The van der Waals surface area contributed by atoms with Crippen LogP contribution in [-0.2, 0) is 17.6 Å². The largest absolute Gasteiger partial charge is 0.355 e. The maximum Gasteiger partial charge on any atom is 0.226 e. The van der Waals surface area contributed by atoms with Crippen molar-refractivity contribution in [2.24, 2.45) is 0 Å². The third kappa shape index (κ3) is 4.63. The van der Waals surface area contributed by atoms with E-state index in [1.165, 1.54) is 18.2 Å². The van der Waals surface area contributed by atoms with Gasteiger partial charge in [0, 0.05) is 18.3 Å². The van der Waals surface area contributed by atoms with Crippen LogP contribution in [0.3, 0.4) is 0 Å². The molecular weight excluding hydrogens is 396 g/mol. The number of hydrogen-bond acceptors (Lipinski definition) is 2. The Hall–Kier alpha value is -3.54. The van der Waals surface area contributed by atoms with Crippen molar-refractivity contribution in [1.29, 1.82) is 0 Å². The fourth-order valence-electron chi connectivity index (χ4n) is 3.60. The summed E-state index contributed by atoms with van der Waals surface area (Å²) in [5.41, 5.74) is 5.46. The molecule has 0 unspecified atom stereocenters. The van der Waals surface area contributed by atoms with E-state index in [0.717, 1.165) is 28.0 Å². The average Bonchev–Trinajstić information content (AvgIpc) is 3.09. The van der Waals surface area contributed by atoms with Crippen LogP contribution in [0, 0.1) is 25.5 Å². The minimum absolute atomic E-state index is 0.134. The number of hydrogen-bond donors (Lipinski definition) is 1. The molecule has 1 amide bonds. The molecule has 0 atom stereocenters. The fraction of sp³-hybridized carbons (Fsp3) is 0.200. The van der Waals surface area contributed by atoms with E-state index in [1.54, 1.807) is 31.2 Å². The number of imidazole rings is 1. The first-order valence-electron chi connectivity index (χ1n) is 10.2. The molecule has 0 aliphatic heterocycles. The lowest BCUT2D eigenvalue weighted by Crippen LogP contribution is -2.27. The van der Waals surface area contributed by atoms with Gasteiger partial charge < -0.3 is 9.72 Å². The summed E-state index contributed by atoms with van der Waals surface area (Å²) in [4.78, 5) is 17.4. The Labute approximate surface area is 179 Å². The molecule has 6 heteroatoms. The van der Waals surface area contributed by atoms with Crippen LogP contribution in [0.1, 0.15) is 22.4 Å². The minimum atomic E-state index is -0.278. The number of nitrogens with one attached hydrogen (secondary N) is 1. The van der Waals surface area contributed by atoms with Crippen LogP contribution in [0.4, 0.5) is 8.78 Å². The molecule has 0 radical (unpaired) electrons. The number of halogens is 2. The van der Waals surface area contributed by atoms with Crippen molar-refractivity contribution in [3.63, 3.8) is 0 Å². The predicted molar refractivity (Wildman–Crippen MR) is 117 cm³/mol. The first-order chi connectivity index (χ1) is 14.9. The predicted octanol–water partition coefficient (Wildman–Crippen LogP) is 4.80. The van der Waals surface area contributed by atoms with Crippen LogP contribution >= 0.6 is 0 Å². The second kappa shape index (κ2) is 8.68. The van der Waals surface area contributed by atoms with Gasteiger partial charge in [0.25, 0.3) is 0 Å². The molecular formula is C25H23F2N3O. The quantitative estimate of drug-likeness (QED) is 0.488. The second-order valence-electron chi connectivity index (χ2n) is 7.71. The molecule has 2 aromatic heterocycles. The van der Waals surface area contributed by atoms with Crippen LogP contribution in [0.25, 0.3) is 16.9 Å². The molecule has 0 aliphatic carbocycles. The Morgan fingerprint density at radius 3 is 2.55 bits per heavy atom. The van der Waals surface area contributed by atoms with E-state index >= 15 is 0 Å². The van der Waals surface area contributed by atoms with Crippen molar-refractivity contribution in [2.45, 2.75) is 26.7 Å². The number of carbonyl (C=O) groups is 1. The highest BCUT2D eigenvalue weighted by atomic mass is 19.1. The fourth-order valence-corrected chi connectivity index (χ4v) is 3.60. The van der Waals surface area contributed by atoms with Crippen LogP contribution in [-0.4, -0.2) is 21.8 Å². The van der Waals surface area contributed by atoms with Gasteiger partial charge in [0.15, 0.2) is 0 Å². The number of aryl methyl sites for hydroxylation is 2. The zero-order valence-electron chi connectivity index (χ0n) is 17.5. The van der Waals surface area contributed by atoms with Gasteiger partial charge in [-0.25, -0.2) is 13.8 Å². The summed E-state index contributed by atoms with van der Waals surface area (Å²) >= 11 is 0. The van der Waals surface area contributed by atoms with Gasteiger partial charge in [-0.05, 0) is 73.4 Å². The van der Waals surface area contributed by atoms with Crippen LogP contribution in [0.5, 0.6) is 0 Å². The van der Waals surface area contributed by atoms with Crippen molar-refractivity contribution < 1.29 is 13.6 Å². The van der Waals surface area contributed by atoms with Gasteiger partial charge in [-0.3, -0.25) is 4.79 Å². The highest BCUT2D eigenvalue weighted by Gasteiger charge is 2.18. The molecule has 1 N–H and O–H groups in total. The highest BCUT2D eigenvalue weighted by molar-refractivity contribution is 5.81. The Bertz CT molecular complexity index is 1250. The molecule has 0 bridgehead atoms. The first-order valence-corrected chi connectivity index (χ1v) is 10.2. The SMILES string of the molecule is Cc1ccc2nc(-c3ccc(F)c(C)c3)c(CC(=O)NCCc3ccc(F)cc3)n2c1. The maximum absolute atomic E-state index is 13.8. The molecule has 2 aromatic carbocycles. The van der Waals surface area contributed by atoms with Crippen LogP contribution < -0.4 is 5.32 Å². The van der Waals surface area contributed by atoms with E-state index in [0.29, 0.717) is 24.2 Å². The van der Waals surface area contributed by atoms with Gasteiger partial charge in [0.2, 0.25) is 5.91 Å². The Morgan fingerprint density at radius 2 is 1.81 bits per heavy atom. The molecule has 0 saturated carbocycles. The summed E-state index contributed by atoms with van der Waals surface area (Å²) in [7, 11) is 0. The Kier molecular flexibility index (Phi) is 5.80. The van der Waals surface area contributed by atoms with Gasteiger partial charge >= 0.3 is 0 Å². The van der Waals surface area contributed by atoms with Crippen molar-refractivity contribution in [2.75, 3.05) is 6.54 Å². The molecule has 31 heavy (non-hydrogen) atoms. The third-order valence-electron chi connectivity index (χ3n) is 5.27. The summed E-state index contributed by atoms with van der Waals surface area (Å²) in [6.07, 6.45) is 2.70. The van der Waals surface area contributed by atoms with Crippen molar-refractivity contribution in [3.05, 3.63) is 94.8 Å². The third-order valence-corrected chi connectivity index (χ3v) is 5.27. The van der Waals surface area contributed by atoms with Gasteiger partial charge in [0.05, 0.1) is 17.8 Å². The van der Waals surface area contributed by atoms with E-state index in [4.69, 9.17) is 4.98 Å². The molecule has 0 fully saturated rings. The number of nitrogens with zero attached hydrogens (tertiary/aromatic N) is 2. The molecule has 158 valence electrons. The number of rotatable bonds is 6. The number of benzene rings is 2. The summed E-state index contributed by atoms with van der Waals surface area (Å²) in [6.45, 7) is 4.14. The number of carbonyl (C=O) groups excluding carboxylic acids is 1. The summed E-state index contributed by atoms with van der Waals surface area (Å²) in [6, 6.07) is 15.0. The lowest BCUT2D eigenvalue weighted by Gasteiger charge is -2.09. The molecule has 4 nitrogen and oxygen atoms in total. The van der Waals surface area contributed by atoms with Gasteiger partial charge in [-0.2, -0.15) is 0 Å². The van der Waals surface area contributed by atoms with Crippen molar-refractivity contribution in [1.82, 2.24) is 14.7 Å². The van der Waals surface area contributed by atoms with Crippen molar-refractivity contribution in [3.8, 4) is 11.3 Å². The zero-order chi connectivity index (χ0) is 22.0. The van der Waals surface area contributed by atoms with Gasteiger partial charge in [0.1, 0.15) is 17.3 Å². The van der Waals surface area contributed by atoms with Gasteiger partial charge in [-0.15, -0.1) is 0 Å². The minimum Gasteiger partial charge on any atom is -0.355 e. The van der Waals surface area contributed by atoms with Crippen LogP contribution in [0.15, 0.2) is 60.8 Å². The number of pyridine rings is 1. The van der Waals surface area contributed by atoms with Gasteiger partial charge in [-0.1, -0.05) is 18.2 Å². The van der Waals surface area contributed by atoms with E-state index in [-0.39, 0.29) is 24.0 Å². The maximum atomic E-state index is 13.8. The van der Waals surface area contributed by atoms with E-state index in [1.807, 2.05) is 29.7 Å². The highest BCUT2D eigenvalue weighted by Crippen LogP contribution is 2.27. The molecule has 0 saturated heterocycles. The zero-order valence-corrected chi connectivity index (χ0v) is 17.5. The topological polar surface area (TPSA) is 46.4 Å².